The van der Waals surface area contributed by atoms with Gasteiger partial charge in [-0.05, 0) is 43.0 Å². The van der Waals surface area contributed by atoms with Crippen molar-refractivity contribution in [3.63, 3.8) is 0 Å². The first-order valence-corrected chi connectivity index (χ1v) is 10.6. The smallest absolute Gasteiger partial charge is 0.243 e. The van der Waals surface area contributed by atoms with Crippen LogP contribution < -0.4 is 0 Å². The van der Waals surface area contributed by atoms with Crippen molar-refractivity contribution in [3.05, 3.63) is 66.3 Å². The summed E-state index contributed by atoms with van der Waals surface area (Å²) in [4.78, 5) is 4.60. The highest BCUT2D eigenvalue weighted by molar-refractivity contribution is 7.89. The Labute approximate surface area is 163 Å². The fraction of sp³-hybridized carbons (Fsp3) is 0.300. The van der Waals surface area contributed by atoms with E-state index >= 15 is 0 Å². The molecule has 1 saturated heterocycles. The highest BCUT2D eigenvalue weighted by Gasteiger charge is 2.31. The van der Waals surface area contributed by atoms with E-state index in [9.17, 15) is 12.8 Å². The Morgan fingerprint density at radius 2 is 1.86 bits per heavy atom. The van der Waals surface area contributed by atoms with Gasteiger partial charge in [-0.1, -0.05) is 35.5 Å². The molecule has 1 aromatic heterocycles. The molecule has 1 fully saturated rings. The number of benzene rings is 2. The van der Waals surface area contributed by atoms with Crippen molar-refractivity contribution >= 4 is 10.0 Å². The molecule has 8 heteroatoms. The number of rotatable bonds is 5. The van der Waals surface area contributed by atoms with Gasteiger partial charge in [0, 0.05) is 19.5 Å². The van der Waals surface area contributed by atoms with Crippen molar-refractivity contribution in [1.29, 1.82) is 0 Å². The first-order chi connectivity index (χ1) is 13.5. The van der Waals surface area contributed by atoms with Crippen LogP contribution in [0.4, 0.5) is 4.39 Å². The van der Waals surface area contributed by atoms with E-state index in [-0.39, 0.29) is 17.3 Å². The molecule has 6 nitrogen and oxygen atoms in total. The van der Waals surface area contributed by atoms with Crippen LogP contribution in [0.3, 0.4) is 0 Å². The summed E-state index contributed by atoms with van der Waals surface area (Å²) in [5, 5.41) is 3.87. The molecule has 0 radical (unpaired) electrons. The van der Waals surface area contributed by atoms with E-state index in [0.29, 0.717) is 30.3 Å². The van der Waals surface area contributed by atoms with E-state index < -0.39 is 15.8 Å². The van der Waals surface area contributed by atoms with Gasteiger partial charge in [-0.2, -0.15) is 9.29 Å². The van der Waals surface area contributed by atoms with Crippen LogP contribution in [0.15, 0.2) is 64.0 Å². The molecule has 1 atom stereocenters. The molecule has 0 N–H and O–H groups in total. The third-order valence-corrected chi connectivity index (χ3v) is 6.79. The molecule has 0 bridgehead atoms. The van der Waals surface area contributed by atoms with E-state index in [4.69, 9.17) is 4.52 Å². The fourth-order valence-corrected chi connectivity index (χ4v) is 5.07. The summed E-state index contributed by atoms with van der Waals surface area (Å²) < 4.78 is 46.4. The molecule has 1 aliphatic heterocycles. The van der Waals surface area contributed by atoms with E-state index in [1.165, 1.54) is 10.4 Å². The van der Waals surface area contributed by atoms with Gasteiger partial charge in [0.15, 0.2) is 0 Å². The van der Waals surface area contributed by atoms with E-state index in [1.54, 1.807) is 48.5 Å². The van der Waals surface area contributed by atoms with Gasteiger partial charge in [0.1, 0.15) is 5.82 Å². The second kappa shape index (κ2) is 7.81. The number of halogens is 1. The lowest BCUT2D eigenvalue weighted by Gasteiger charge is -2.31. The Morgan fingerprint density at radius 3 is 2.64 bits per heavy atom. The van der Waals surface area contributed by atoms with Gasteiger partial charge in [-0.3, -0.25) is 0 Å². The summed E-state index contributed by atoms with van der Waals surface area (Å²) in [5.74, 6) is 0.258. The number of hydrogen-bond donors (Lipinski definition) is 0. The Morgan fingerprint density at radius 1 is 1.11 bits per heavy atom. The van der Waals surface area contributed by atoms with Crippen molar-refractivity contribution in [1.82, 2.24) is 14.4 Å². The van der Waals surface area contributed by atoms with Crippen LogP contribution in [0.1, 0.15) is 18.7 Å². The molecular weight excluding hydrogens is 381 g/mol. The van der Waals surface area contributed by atoms with Crippen LogP contribution >= 0.6 is 0 Å². The Balaban J connectivity index is 1.47. The summed E-state index contributed by atoms with van der Waals surface area (Å²) in [7, 11) is -3.51. The van der Waals surface area contributed by atoms with Crippen LogP contribution in [-0.4, -0.2) is 36.0 Å². The number of sulfonamides is 1. The molecule has 0 saturated carbocycles. The number of nitrogens with zero attached hydrogens (tertiary/aromatic N) is 3. The first-order valence-electron chi connectivity index (χ1n) is 9.17. The molecule has 3 aromatic rings. The summed E-state index contributed by atoms with van der Waals surface area (Å²) in [6.45, 7) is 0.896. The number of piperidine rings is 1. The molecule has 0 spiro atoms. The van der Waals surface area contributed by atoms with Gasteiger partial charge in [0.25, 0.3) is 0 Å². The Bertz CT molecular complexity index is 1050. The third-order valence-electron chi connectivity index (χ3n) is 4.91. The standard InChI is InChI=1S/C20H20FN3O3S/c21-18-11-5-4-10-17(18)20-22-19(27-23-20)13-15-7-6-12-24(14-15)28(25,26)16-8-2-1-3-9-16/h1-5,8-11,15H,6-7,12-14H2. The quantitative estimate of drug-likeness (QED) is 0.654. The molecule has 1 unspecified atom stereocenters. The Hall–Kier alpha value is -2.58. The molecule has 0 amide bonds. The van der Waals surface area contributed by atoms with Crippen LogP contribution in [0.25, 0.3) is 11.4 Å². The minimum atomic E-state index is -3.51. The molecule has 28 heavy (non-hydrogen) atoms. The topological polar surface area (TPSA) is 76.3 Å². The van der Waals surface area contributed by atoms with Gasteiger partial charge < -0.3 is 4.52 Å². The molecular formula is C20H20FN3O3S. The summed E-state index contributed by atoms with van der Waals surface area (Å²) in [6.07, 6.45) is 2.10. The van der Waals surface area contributed by atoms with Crippen LogP contribution in [-0.2, 0) is 16.4 Å². The molecule has 4 rings (SSSR count). The largest absolute Gasteiger partial charge is 0.339 e. The minimum Gasteiger partial charge on any atom is -0.339 e. The lowest BCUT2D eigenvalue weighted by atomic mass is 9.96. The lowest BCUT2D eigenvalue weighted by molar-refractivity contribution is 0.247. The van der Waals surface area contributed by atoms with E-state index in [2.05, 4.69) is 10.1 Å². The molecule has 2 heterocycles. The van der Waals surface area contributed by atoms with Gasteiger partial charge in [0.05, 0.1) is 10.5 Å². The molecule has 2 aromatic carbocycles. The highest BCUT2D eigenvalue weighted by atomic mass is 32.2. The zero-order chi connectivity index (χ0) is 19.6. The maximum Gasteiger partial charge on any atom is 0.243 e. The third kappa shape index (κ3) is 3.83. The first kappa shape index (κ1) is 18.8. The van der Waals surface area contributed by atoms with Crippen LogP contribution in [0.2, 0.25) is 0 Å². The second-order valence-corrected chi connectivity index (χ2v) is 8.82. The summed E-state index contributed by atoms with van der Waals surface area (Å²) in [5.41, 5.74) is 0.287. The number of aromatic nitrogens is 2. The normalized spacial score (nSPS) is 18.2. The molecule has 146 valence electrons. The van der Waals surface area contributed by atoms with Crippen molar-refractivity contribution in [2.45, 2.75) is 24.2 Å². The summed E-state index contributed by atoms with van der Waals surface area (Å²) in [6, 6.07) is 14.7. The zero-order valence-corrected chi connectivity index (χ0v) is 16.0. The van der Waals surface area contributed by atoms with Gasteiger partial charge in [-0.15, -0.1) is 0 Å². The van der Waals surface area contributed by atoms with Crippen molar-refractivity contribution in [3.8, 4) is 11.4 Å². The SMILES string of the molecule is O=S(=O)(c1ccccc1)N1CCCC(Cc2nc(-c3ccccc3F)no2)C1. The van der Waals surface area contributed by atoms with Crippen LogP contribution in [0.5, 0.6) is 0 Å². The predicted octanol–water partition coefficient (Wildman–Crippen LogP) is 3.52. The predicted molar refractivity (Wildman–Crippen MR) is 101 cm³/mol. The maximum absolute atomic E-state index is 13.9. The Kier molecular flexibility index (Phi) is 5.23. The summed E-state index contributed by atoms with van der Waals surface area (Å²) >= 11 is 0. The maximum atomic E-state index is 13.9. The minimum absolute atomic E-state index is 0.0705. The highest BCUT2D eigenvalue weighted by Crippen LogP contribution is 2.26. The van der Waals surface area contributed by atoms with Crippen LogP contribution in [0, 0.1) is 11.7 Å². The van der Waals surface area contributed by atoms with Crippen molar-refractivity contribution < 1.29 is 17.3 Å². The van der Waals surface area contributed by atoms with Gasteiger partial charge >= 0.3 is 0 Å². The average Bonchev–Trinajstić information content (AvgIpc) is 3.17. The second-order valence-electron chi connectivity index (χ2n) is 6.88. The fourth-order valence-electron chi connectivity index (χ4n) is 3.49. The van der Waals surface area contributed by atoms with Gasteiger partial charge in [0.2, 0.25) is 21.7 Å². The molecule has 0 aliphatic carbocycles. The van der Waals surface area contributed by atoms with Crippen molar-refractivity contribution in [2.24, 2.45) is 5.92 Å². The lowest BCUT2D eigenvalue weighted by Crippen LogP contribution is -2.40. The average molecular weight is 401 g/mol. The zero-order valence-electron chi connectivity index (χ0n) is 15.2. The monoisotopic (exact) mass is 401 g/mol. The van der Waals surface area contributed by atoms with E-state index in [0.717, 1.165) is 12.8 Å². The van der Waals surface area contributed by atoms with E-state index in [1.807, 2.05) is 0 Å². The number of hydrogen-bond acceptors (Lipinski definition) is 5. The van der Waals surface area contributed by atoms with Gasteiger partial charge in [-0.25, -0.2) is 12.8 Å². The van der Waals surface area contributed by atoms with Crippen molar-refractivity contribution in [2.75, 3.05) is 13.1 Å². The molecule has 1 aliphatic rings.